The van der Waals surface area contributed by atoms with Crippen molar-refractivity contribution in [1.82, 2.24) is 4.57 Å². The smallest absolute Gasteiger partial charge is 0.343 e. The van der Waals surface area contributed by atoms with Crippen LogP contribution in [0.5, 0.6) is 0 Å². The molecule has 1 aliphatic heterocycles. The average Bonchev–Trinajstić information content (AvgIpc) is 2.42. The van der Waals surface area contributed by atoms with E-state index in [0.717, 1.165) is 12.1 Å². The molecular formula is C15H13F2NO4. The molecule has 116 valence electrons. The van der Waals surface area contributed by atoms with Gasteiger partial charge < -0.3 is 14.0 Å². The molecule has 0 atom stereocenters. The third-order valence-electron chi connectivity index (χ3n) is 3.58. The van der Waals surface area contributed by atoms with Gasteiger partial charge in [-0.2, -0.15) is 0 Å². The van der Waals surface area contributed by atoms with E-state index in [0.29, 0.717) is 13.2 Å². The first-order valence-corrected chi connectivity index (χ1v) is 6.81. The number of aromatic nitrogens is 1. The molecule has 2 aromatic rings. The van der Waals surface area contributed by atoms with Gasteiger partial charge in [0.25, 0.3) is 0 Å². The van der Waals surface area contributed by atoms with Crippen molar-refractivity contribution in [1.29, 1.82) is 0 Å². The van der Waals surface area contributed by atoms with Crippen LogP contribution in [-0.4, -0.2) is 30.4 Å². The molecule has 5 nitrogen and oxygen atoms in total. The van der Waals surface area contributed by atoms with Gasteiger partial charge >= 0.3 is 5.97 Å². The number of benzene rings is 1. The first kappa shape index (κ1) is 14.6. The van der Waals surface area contributed by atoms with Crippen molar-refractivity contribution < 1.29 is 23.0 Å². The number of ether oxygens (including phenoxy) is 2. The zero-order chi connectivity index (χ0) is 15.9. The minimum atomic E-state index is -1.14. The van der Waals surface area contributed by atoms with Crippen molar-refractivity contribution in [3.8, 4) is 0 Å². The summed E-state index contributed by atoms with van der Waals surface area (Å²) in [4.78, 5) is 24.3. The van der Waals surface area contributed by atoms with Crippen LogP contribution in [0.25, 0.3) is 10.9 Å². The van der Waals surface area contributed by atoms with Crippen LogP contribution in [0.2, 0.25) is 0 Å². The summed E-state index contributed by atoms with van der Waals surface area (Å²) in [5.74, 6) is -2.97. The predicted octanol–water partition coefficient (Wildman–Crippen LogP) is 2.03. The van der Waals surface area contributed by atoms with E-state index in [1.165, 1.54) is 6.20 Å². The zero-order valence-electron chi connectivity index (χ0n) is 11.8. The van der Waals surface area contributed by atoms with Crippen LogP contribution in [0.4, 0.5) is 8.78 Å². The lowest BCUT2D eigenvalue weighted by atomic mass is 10.1. The number of rotatable bonds is 3. The van der Waals surface area contributed by atoms with Gasteiger partial charge in [0, 0.05) is 17.6 Å². The van der Waals surface area contributed by atoms with Crippen molar-refractivity contribution in [3.63, 3.8) is 0 Å². The van der Waals surface area contributed by atoms with E-state index in [2.05, 4.69) is 0 Å². The quantitative estimate of drug-likeness (QED) is 0.814. The van der Waals surface area contributed by atoms with Crippen LogP contribution in [0.15, 0.2) is 23.1 Å². The zero-order valence-corrected chi connectivity index (χ0v) is 11.8. The Morgan fingerprint density at radius 3 is 2.64 bits per heavy atom. The summed E-state index contributed by atoms with van der Waals surface area (Å²) in [6.45, 7) is 2.48. The van der Waals surface area contributed by atoms with Crippen LogP contribution in [0.3, 0.4) is 0 Å². The highest BCUT2D eigenvalue weighted by atomic mass is 19.2. The van der Waals surface area contributed by atoms with E-state index >= 15 is 0 Å². The summed E-state index contributed by atoms with van der Waals surface area (Å²) >= 11 is 0. The molecule has 1 aromatic heterocycles. The lowest BCUT2D eigenvalue weighted by Gasteiger charge is -2.30. The van der Waals surface area contributed by atoms with Gasteiger partial charge in [-0.1, -0.05) is 0 Å². The van der Waals surface area contributed by atoms with Crippen molar-refractivity contribution in [3.05, 3.63) is 45.8 Å². The van der Waals surface area contributed by atoms with E-state index in [9.17, 15) is 18.4 Å². The van der Waals surface area contributed by atoms with Gasteiger partial charge in [-0.25, -0.2) is 13.6 Å². The van der Waals surface area contributed by atoms with Crippen LogP contribution in [0.1, 0.15) is 23.3 Å². The molecule has 22 heavy (non-hydrogen) atoms. The molecule has 0 spiro atoms. The molecule has 0 aliphatic carbocycles. The maximum Gasteiger partial charge on any atom is 0.343 e. The number of carbonyl (C=O) groups is 1. The van der Waals surface area contributed by atoms with E-state index in [4.69, 9.17) is 9.47 Å². The summed E-state index contributed by atoms with van der Waals surface area (Å²) in [6, 6.07) is 1.63. The highest BCUT2D eigenvalue weighted by Crippen LogP contribution is 2.24. The van der Waals surface area contributed by atoms with Gasteiger partial charge in [0.2, 0.25) is 5.43 Å². The van der Waals surface area contributed by atoms with E-state index in [1.54, 1.807) is 11.5 Å². The number of carbonyl (C=O) groups excluding carboxylic acids is 1. The summed E-state index contributed by atoms with van der Waals surface area (Å²) in [5, 5.41) is -0.0589. The molecule has 0 bridgehead atoms. The molecule has 1 fully saturated rings. The number of halogens is 2. The monoisotopic (exact) mass is 309 g/mol. The molecule has 7 heteroatoms. The second-order valence-electron chi connectivity index (χ2n) is 4.97. The molecule has 1 aromatic carbocycles. The lowest BCUT2D eigenvalue weighted by molar-refractivity contribution is -0.0217. The van der Waals surface area contributed by atoms with E-state index in [1.807, 2.05) is 0 Å². The Balaban J connectivity index is 2.30. The number of hydrogen-bond acceptors (Lipinski definition) is 4. The van der Waals surface area contributed by atoms with Crippen LogP contribution in [0, 0.1) is 11.6 Å². The normalized spacial score (nSPS) is 14.9. The number of pyridine rings is 1. The van der Waals surface area contributed by atoms with Crippen molar-refractivity contribution >= 4 is 16.9 Å². The van der Waals surface area contributed by atoms with Gasteiger partial charge in [0.1, 0.15) is 5.56 Å². The Bertz CT molecular complexity index is 811. The van der Waals surface area contributed by atoms with Gasteiger partial charge in [0.05, 0.1) is 31.4 Å². The van der Waals surface area contributed by atoms with Crippen molar-refractivity contribution in [2.75, 3.05) is 19.8 Å². The topological polar surface area (TPSA) is 57.5 Å². The molecular weight excluding hydrogens is 296 g/mol. The maximum absolute atomic E-state index is 13.5. The van der Waals surface area contributed by atoms with Crippen LogP contribution in [-0.2, 0) is 9.47 Å². The van der Waals surface area contributed by atoms with Crippen molar-refractivity contribution in [2.45, 2.75) is 13.0 Å². The molecule has 0 amide bonds. The lowest BCUT2D eigenvalue weighted by Crippen LogP contribution is -2.33. The molecule has 0 unspecified atom stereocenters. The largest absolute Gasteiger partial charge is 0.462 e. The van der Waals surface area contributed by atoms with E-state index in [-0.39, 0.29) is 29.1 Å². The molecule has 3 rings (SSSR count). The fourth-order valence-corrected chi connectivity index (χ4v) is 2.38. The Morgan fingerprint density at radius 2 is 2.05 bits per heavy atom. The van der Waals surface area contributed by atoms with Crippen LogP contribution >= 0.6 is 0 Å². The second-order valence-corrected chi connectivity index (χ2v) is 4.97. The molecule has 0 N–H and O–H groups in total. The van der Waals surface area contributed by atoms with Gasteiger partial charge in [0.15, 0.2) is 11.6 Å². The third-order valence-corrected chi connectivity index (χ3v) is 3.58. The standard InChI is InChI=1S/C15H13F2NO4/c1-2-22-15(20)10-5-18(8-6-21-7-8)13-4-12(17)11(16)3-9(13)14(10)19/h3-5,8H,2,6-7H2,1H3. The fraction of sp³-hybridized carbons (Fsp3) is 0.333. The Labute approximate surface area is 124 Å². The Morgan fingerprint density at radius 1 is 1.36 bits per heavy atom. The van der Waals surface area contributed by atoms with E-state index < -0.39 is 23.0 Å². The van der Waals surface area contributed by atoms with Crippen molar-refractivity contribution in [2.24, 2.45) is 0 Å². The highest BCUT2D eigenvalue weighted by molar-refractivity contribution is 5.93. The second kappa shape index (κ2) is 5.49. The number of hydrogen-bond donors (Lipinski definition) is 0. The minimum Gasteiger partial charge on any atom is -0.462 e. The predicted molar refractivity (Wildman–Crippen MR) is 73.9 cm³/mol. The summed E-state index contributed by atoms with van der Waals surface area (Å²) in [5.41, 5.74) is -0.652. The fourth-order valence-electron chi connectivity index (χ4n) is 2.38. The SMILES string of the molecule is CCOC(=O)c1cn(C2COC2)c2cc(F)c(F)cc2c1=O. The molecule has 0 radical (unpaired) electrons. The highest BCUT2D eigenvalue weighted by Gasteiger charge is 2.25. The Hall–Kier alpha value is -2.28. The van der Waals surface area contributed by atoms with Crippen LogP contribution < -0.4 is 5.43 Å². The Kier molecular flexibility index (Phi) is 3.66. The summed E-state index contributed by atoms with van der Waals surface area (Å²) in [7, 11) is 0. The average molecular weight is 309 g/mol. The molecule has 2 heterocycles. The first-order chi connectivity index (χ1) is 10.5. The maximum atomic E-state index is 13.5. The number of fused-ring (bicyclic) bond motifs is 1. The van der Waals surface area contributed by atoms with Gasteiger partial charge in [-0.3, -0.25) is 4.79 Å². The molecule has 0 saturated carbocycles. The summed E-state index contributed by atoms with van der Waals surface area (Å²) < 4.78 is 38.5. The van der Waals surface area contributed by atoms with Gasteiger partial charge in [-0.15, -0.1) is 0 Å². The van der Waals surface area contributed by atoms with Gasteiger partial charge in [-0.05, 0) is 13.0 Å². The first-order valence-electron chi connectivity index (χ1n) is 6.81. The molecule has 1 aliphatic rings. The third kappa shape index (κ3) is 2.27. The summed E-state index contributed by atoms with van der Waals surface area (Å²) in [6.07, 6.45) is 1.33. The minimum absolute atomic E-state index is 0.0589. The molecule has 1 saturated heterocycles. The number of esters is 1. The number of nitrogens with zero attached hydrogens (tertiary/aromatic N) is 1.